The molecular weight excluding hydrogens is 318 g/mol. The minimum Gasteiger partial charge on any atom is -0.406 e. The molecule has 8 heteroatoms. The highest BCUT2D eigenvalue weighted by Crippen LogP contribution is 2.34. The third-order valence-electron chi connectivity index (χ3n) is 1.68. The molecule has 1 aromatic carbocycles. The van der Waals surface area contributed by atoms with Crippen LogP contribution in [-0.2, 0) is 11.5 Å². The summed E-state index contributed by atoms with van der Waals surface area (Å²) in [5, 5.41) is -0.00879. The van der Waals surface area contributed by atoms with E-state index in [0.717, 1.165) is 12.1 Å². The largest absolute Gasteiger partial charge is 0.573 e. The van der Waals surface area contributed by atoms with Crippen molar-refractivity contribution in [3.8, 4) is 5.75 Å². The van der Waals surface area contributed by atoms with Gasteiger partial charge in [0.15, 0.2) is 0 Å². The van der Waals surface area contributed by atoms with Gasteiger partial charge in [-0.15, -0.1) is 13.2 Å². The molecule has 1 aromatic rings. The van der Waals surface area contributed by atoms with Gasteiger partial charge < -0.3 is 4.74 Å². The number of hydrogen-bond donors (Lipinski definition) is 0. The van der Waals surface area contributed by atoms with E-state index in [1.54, 1.807) is 0 Å². The Kier molecular flexibility index (Phi) is 3.95. The Bertz CT molecular complexity index is 397. The second kappa shape index (κ2) is 4.75. The lowest BCUT2D eigenvalue weighted by Gasteiger charge is -2.13. The van der Waals surface area contributed by atoms with Crippen molar-refractivity contribution >= 4 is 15.9 Å². The normalized spacial score (nSPS) is 12.6. The van der Waals surface area contributed by atoms with Gasteiger partial charge in [0, 0.05) is 5.33 Å². The van der Waals surface area contributed by atoms with E-state index >= 15 is 0 Å². The highest BCUT2D eigenvalue weighted by atomic mass is 79.9. The second-order valence-electron chi connectivity index (χ2n) is 3.04. The number of benzene rings is 1. The van der Waals surface area contributed by atoms with Crippen LogP contribution < -0.4 is 4.74 Å². The minimum absolute atomic E-state index is 0.00879. The van der Waals surface area contributed by atoms with Crippen LogP contribution in [0.1, 0.15) is 11.1 Å². The molecule has 0 aliphatic carbocycles. The summed E-state index contributed by atoms with van der Waals surface area (Å²) in [5.74, 6) is -0.887. The summed E-state index contributed by atoms with van der Waals surface area (Å²) < 4.78 is 76.2. The smallest absolute Gasteiger partial charge is 0.406 e. The molecule has 0 saturated carbocycles. The SMILES string of the molecule is FC(F)(F)Oc1cc(CBr)cc(C(F)(F)F)c1. The van der Waals surface area contributed by atoms with Gasteiger partial charge in [-0.25, -0.2) is 0 Å². The van der Waals surface area contributed by atoms with Crippen LogP contribution in [-0.4, -0.2) is 6.36 Å². The van der Waals surface area contributed by atoms with Crippen LogP contribution in [0.25, 0.3) is 0 Å². The molecule has 0 bridgehead atoms. The lowest BCUT2D eigenvalue weighted by atomic mass is 10.1. The fourth-order valence-electron chi connectivity index (χ4n) is 1.09. The Morgan fingerprint density at radius 2 is 1.59 bits per heavy atom. The van der Waals surface area contributed by atoms with Crippen molar-refractivity contribution in [3.63, 3.8) is 0 Å². The molecule has 0 amide bonds. The zero-order chi connectivity index (χ0) is 13.3. The lowest BCUT2D eigenvalue weighted by molar-refractivity contribution is -0.274. The topological polar surface area (TPSA) is 9.23 Å². The summed E-state index contributed by atoms with van der Waals surface area (Å²) in [4.78, 5) is 0. The van der Waals surface area contributed by atoms with Crippen LogP contribution >= 0.6 is 15.9 Å². The number of halogens is 7. The highest BCUT2D eigenvalue weighted by molar-refractivity contribution is 9.08. The highest BCUT2D eigenvalue weighted by Gasteiger charge is 2.34. The maximum atomic E-state index is 12.4. The molecule has 1 nitrogen and oxygen atoms in total. The van der Waals surface area contributed by atoms with E-state index in [2.05, 4.69) is 20.7 Å². The molecule has 0 aliphatic heterocycles. The summed E-state index contributed by atoms with van der Waals surface area (Å²) in [5.41, 5.74) is -1.15. The number of rotatable bonds is 2. The van der Waals surface area contributed by atoms with E-state index in [4.69, 9.17) is 0 Å². The maximum absolute atomic E-state index is 12.4. The molecule has 0 N–H and O–H groups in total. The zero-order valence-electron chi connectivity index (χ0n) is 7.99. The molecule has 0 saturated heterocycles. The van der Waals surface area contributed by atoms with Crippen molar-refractivity contribution in [2.24, 2.45) is 0 Å². The van der Waals surface area contributed by atoms with E-state index in [9.17, 15) is 26.3 Å². The predicted octanol–water partition coefficient (Wildman–Crippen LogP) is 4.50. The van der Waals surface area contributed by atoms with Gasteiger partial charge in [-0.2, -0.15) is 13.2 Å². The molecule has 0 heterocycles. The number of hydrogen-bond acceptors (Lipinski definition) is 1. The van der Waals surface area contributed by atoms with E-state index in [1.807, 2.05) is 0 Å². The van der Waals surface area contributed by atoms with Gasteiger partial charge in [-0.05, 0) is 23.8 Å². The van der Waals surface area contributed by atoms with Gasteiger partial charge in [-0.3, -0.25) is 0 Å². The summed E-state index contributed by atoms with van der Waals surface area (Å²) in [6.07, 6.45) is -9.74. The van der Waals surface area contributed by atoms with E-state index in [1.165, 1.54) is 0 Å². The van der Waals surface area contributed by atoms with Crippen molar-refractivity contribution in [1.82, 2.24) is 0 Å². The van der Waals surface area contributed by atoms with Gasteiger partial charge in [0.05, 0.1) is 5.56 Å². The molecule has 0 spiro atoms. The molecule has 17 heavy (non-hydrogen) atoms. The Labute approximate surface area is 101 Å². The molecular formula is C9H5BrF6O. The fraction of sp³-hybridized carbons (Fsp3) is 0.333. The maximum Gasteiger partial charge on any atom is 0.573 e. The first kappa shape index (κ1) is 14.1. The van der Waals surface area contributed by atoms with Crippen molar-refractivity contribution in [3.05, 3.63) is 29.3 Å². The van der Waals surface area contributed by atoms with Gasteiger partial charge in [-0.1, -0.05) is 15.9 Å². The van der Waals surface area contributed by atoms with Crippen molar-refractivity contribution < 1.29 is 31.1 Å². The average Bonchev–Trinajstić information content (AvgIpc) is 2.13. The summed E-state index contributed by atoms with van der Waals surface area (Å²) in [6.45, 7) is 0. The molecule has 0 atom stereocenters. The molecule has 0 fully saturated rings. The van der Waals surface area contributed by atoms with Gasteiger partial charge >= 0.3 is 12.5 Å². The van der Waals surface area contributed by atoms with Gasteiger partial charge in [0.2, 0.25) is 0 Å². The lowest BCUT2D eigenvalue weighted by Crippen LogP contribution is -2.18. The molecule has 96 valence electrons. The molecule has 0 unspecified atom stereocenters. The van der Waals surface area contributed by atoms with Crippen LogP contribution in [0.2, 0.25) is 0 Å². The first-order valence-electron chi connectivity index (χ1n) is 4.15. The molecule has 0 aliphatic rings. The standard InChI is InChI=1S/C9H5BrF6O/c10-4-5-1-6(8(11,12)13)3-7(2-5)17-9(14,15)16/h1-3H,4H2. The number of ether oxygens (including phenoxy) is 1. The predicted molar refractivity (Wildman–Crippen MR) is 50.8 cm³/mol. The first-order chi connectivity index (χ1) is 7.62. The average molecular weight is 323 g/mol. The van der Waals surface area contributed by atoms with Crippen LogP contribution in [0.4, 0.5) is 26.3 Å². The Morgan fingerprint density at radius 1 is 1.00 bits per heavy atom. The summed E-state index contributed by atoms with van der Waals surface area (Å²) >= 11 is 2.87. The van der Waals surface area contributed by atoms with Crippen molar-refractivity contribution in [2.75, 3.05) is 0 Å². The zero-order valence-corrected chi connectivity index (χ0v) is 9.58. The van der Waals surface area contributed by atoms with E-state index < -0.39 is 23.9 Å². The summed E-state index contributed by atoms with van der Waals surface area (Å²) in [6, 6.07) is 1.94. The quantitative estimate of drug-likeness (QED) is 0.575. The number of alkyl halides is 7. The van der Waals surface area contributed by atoms with Gasteiger partial charge in [0.25, 0.3) is 0 Å². The van der Waals surface area contributed by atoms with Crippen LogP contribution in [0.3, 0.4) is 0 Å². The molecule has 0 aromatic heterocycles. The van der Waals surface area contributed by atoms with Crippen molar-refractivity contribution in [1.29, 1.82) is 0 Å². The Morgan fingerprint density at radius 3 is 2.00 bits per heavy atom. The van der Waals surface area contributed by atoms with Crippen LogP contribution in [0.5, 0.6) is 5.75 Å². The third kappa shape index (κ3) is 4.45. The Balaban J connectivity index is 3.15. The second-order valence-corrected chi connectivity index (χ2v) is 3.61. The van der Waals surface area contributed by atoms with Crippen molar-refractivity contribution in [2.45, 2.75) is 17.9 Å². The van der Waals surface area contributed by atoms with Crippen LogP contribution in [0.15, 0.2) is 18.2 Å². The summed E-state index contributed by atoms with van der Waals surface area (Å²) in [7, 11) is 0. The minimum atomic E-state index is -5.02. The van der Waals surface area contributed by atoms with E-state index in [-0.39, 0.29) is 10.9 Å². The Hall–Kier alpha value is -0.920. The first-order valence-corrected chi connectivity index (χ1v) is 5.27. The van der Waals surface area contributed by atoms with Gasteiger partial charge in [0.1, 0.15) is 5.75 Å². The van der Waals surface area contributed by atoms with Crippen LogP contribution in [0, 0.1) is 0 Å². The fourth-order valence-corrected chi connectivity index (χ4v) is 1.42. The monoisotopic (exact) mass is 322 g/mol. The third-order valence-corrected chi connectivity index (χ3v) is 2.33. The molecule has 1 rings (SSSR count). The molecule has 0 radical (unpaired) electrons. The van der Waals surface area contributed by atoms with E-state index in [0.29, 0.717) is 6.07 Å².